The highest BCUT2D eigenvalue weighted by Gasteiger charge is 2.25. The van der Waals surface area contributed by atoms with E-state index in [0.29, 0.717) is 11.9 Å². The van der Waals surface area contributed by atoms with E-state index in [0.717, 1.165) is 17.5 Å². The summed E-state index contributed by atoms with van der Waals surface area (Å²) >= 11 is 5.90. The van der Waals surface area contributed by atoms with E-state index < -0.39 is 0 Å². The predicted octanol–water partition coefficient (Wildman–Crippen LogP) is 3.62. The molecule has 2 atom stereocenters. The summed E-state index contributed by atoms with van der Waals surface area (Å²) in [4.78, 5) is 4.20. The van der Waals surface area contributed by atoms with Gasteiger partial charge in [0.25, 0.3) is 0 Å². The van der Waals surface area contributed by atoms with Crippen molar-refractivity contribution in [2.24, 2.45) is 11.8 Å². The zero-order valence-electron chi connectivity index (χ0n) is 9.49. The van der Waals surface area contributed by atoms with E-state index in [1.807, 2.05) is 12.5 Å². The van der Waals surface area contributed by atoms with Gasteiger partial charge in [-0.3, -0.25) is 0 Å². The number of aromatic nitrogens is 2. The second-order valence-electron chi connectivity index (χ2n) is 5.00. The summed E-state index contributed by atoms with van der Waals surface area (Å²) in [6.45, 7) is 4.69. The SMILES string of the molecule is CC1CC(C)CC(n2cncc2CCl)C1. The molecule has 0 bridgehead atoms. The third-order valence-electron chi connectivity index (χ3n) is 3.43. The normalized spacial score (nSPS) is 31.8. The highest BCUT2D eigenvalue weighted by molar-refractivity contribution is 6.16. The number of nitrogens with zero attached hydrogens (tertiary/aromatic N) is 2. The van der Waals surface area contributed by atoms with Gasteiger partial charge < -0.3 is 4.57 Å². The summed E-state index contributed by atoms with van der Waals surface area (Å²) in [5, 5.41) is 0. The quantitative estimate of drug-likeness (QED) is 0.705. The van der Waals surface area contributed by atoms with Gasteiger partial charge in [0.05, 0.1) is 17.9 Å². The van der Waals surface area contributed by atoms with Crippen molar-refractivity contribution in [2.45, 2.75) is 45.0 Å². The lowest BCUT2D eigenvalue weighted by atomic mass is 9.80. The first-order valence-electron chi connectivity index (χ1n) is 5.77. The van der Waals surface area contributed by atoms with Gasteiger partial charge in [-0.1, -0.05) is 13.8 Å². The smallest absolute Gasteiger partial charge is 0.0951 e. The largest absolute Gasteiger partial charge is 0.330 e. The summed E-state index contributed by atoms with van der Waals surface area (Å²) in [7, 11) is 0. The van der Waals surface area contributed by atoms with Gasteiger partial charge in [-0.05, 0) is 31.1 Å². The van der Waals surface area contributed by atoms with E-state index in [1.54, 1.807) is 0 Å². The van der Waals surface area contributed by atoms with Crippen LogP contribution in [0.25, 0.3) is 0 Å². The van der Waals surface area contributed by atoms with Crippen molar-refractivity contribution in [1.82, 2.24) is 9.55 Å². The van der Waals surface area contributed by atoms with Crippen molar-refractivity contribution in [1.29, 1.82) is 0 Å². The van der Waals surface area contributed by atoms with Crippen LogP contribution in [0.4, 0.5) is 0 Å². The van der Waals surface area contributed by atoms with Crippen LogP contribution >= 0.6 is 11.6 Å². The number of hydrogen-bond donors (Lipinski definition) is 0. The maximum absolute atomic E-state index is 5.90. The molecule has 0 aliphatic heterocycles. The molecule has 0 radical (unpaired) electrons. The molecule has 1 aliphatic rings. The zero-order chi connectivity index (χ0) is 10.8. The molecule has 0 spiro atoms. The van der Waals surface area contributed by atoms with E-state index >= 15 is 0 Å². The summed E-state index contributed by atoms with van der Waals surface area (Å²) in [5.41, 5.74) is 1.16. The third-order valence-corrected chi connectivity index (χ3v) is 3.70. The molecular weight excluding hydrogens is 208 g/mol. The van der Waals surface area contributed by atoms with Gasteiger partial charge in [-0.25, -0.2) is 4.98 Å². The van der Waals surface area contributed by atoms with Crippen LogP contribution in [0.5, 0.6) is 0 Å². The Labute approximate surface area is 96.7 Å². The van der Waals surface area contributed by atoms with Gasteiger partial charge in [0.15, 0.2) is 0 Å². The lowest BCUT2D eigenvalue weighted by molar-refractivity contribution is 0.219. The zero-order valence-corrected chi connectivity index (χ0v) is 10.2. The molecule has 1 aliphatic carbocycles. The van der Waals surface area contributed by atoms with Crippen LogP contribution in [0.2, 0.25) is 0 Å². The van der Waals surface area contributed by atoms with Crippen molar-refractivity contribution in [3.05, 3.63) is 18.2 Å². The summed E-state index contributed by atoms with van der Waals surface area (Å²) in [5.74, 6) is 2.22. The van der Waals surface area contributed by atoms with Crippen molar-refractivity contribution in [3.63, 3.8) is 0 Å². The van der Waals surface area contributed by atoms with E-state index in [1.165, 1.54) is 19.3 Å². The first-order chi connectivity index (χ1) is 7.20. The lowest BCUT2D eigenvalue weighted by Gasteiger charge is -2.33. The number of halogens is 1. The van der Waals surface area contributed by atoms with Gasteiger partial charge in [0.2, 0.25) is 0 Å². The molecule has 0 aromatic carbocycles. The molecule has 0 saturated heterocycles. The second kappa shape index (κ2) is 4.56. The van der Waals surface area contributed by atoms with Crippen molar-refractivity contribution < 1.29 is 0 Å². The van der Waals surface area contributed by atoms with Gasteiger partial charge >= 0.3 is 0 Å². The summed E-state index contributed by atoms with van der Waals surface area (Å²) in [6.07, 6.45) is 7.72. The molecule has 3 heteroatoms. The molecular formula is C12H19ClN2. The Morgan fingerprint density at radius 2 is 2.00 bits per heavy atom. The Morgan fingerprint density at radius 3 is 2.60 bits per heavy atom. The second-order valence-corrected chi connectivity index (χ2v) is 5.26. The van der Waals surface area contributed by atoms with Gasteiger partial charge in [0.1, 0.15) is 0 Å². The molecule has 0 N–H and O–H groups in total. The molecule has 2 unspecified atom stereocenters. The maximum atomic E-state index is 5.90. The van der Waals surface area contributed by atoms with Crippen LogP contribution < -0.4 is 0 Å². The average Bonchev–Trinajstić information content (AvgIpc) is 2.63. The molecule has 1 fully saturated rings. The Bertz CT molecular complexity index is 311. The number of hydrogen-bond acceptors (Lipinski definition) is 1. The van der Waals surface area contributed by atoms with Crippen LogP contribution in [0.3, 0.4) is 0 Å². The standard InChI is InChI=1S/C12H19ClN2/c1-9-3-10(2)5-11(4-9)15-8-14-7-12(15)6-13/h7-11H,3-6H2,1-2H3. The molecule has 2 rings (SSSR count). The summed E-state index contributed by atoms with van der Waals surface area (Å²) in [6, 6.07) is 0.611. The fourth-order valence-corrected chi connectivity index (χ4v) is 3.10. The minimum atomic E-state index is 0.569. The fourth-order valence-electron chi connectivity index (χ4n) is 2.90. The molecule has 1 heterocycles. The molecule has 1 aromatic heterocycles. The average molecular weight is 227 g/mol. The Balaban J connectivity index is 2.16. The molecule has 2 nitrogen and oxygen atoms in total. The Kier molecular flexibility index (Phi) is 3.35. The number of rotatable bonds is 2. The highest BCUT2D eigenvalue weighted by Crippen LogP contribution is 2.36. The van der Waals surface area contributed by atoms with Crippen LogP contribution in [-0.4, -0.2) is 9.55 Å². The minimum Gasteiger partial charge on any atom is -0.330 e. The third kappa shape index (κ3) is 2.36. The van der Waals surface area contributed by atoms with Crippen molar-refractivity contribution in [3.8, 4) is 0 Å². The van der Waals surface area contributed by atoms with E-state index in [4.69, 9.17) is 11.6 Å². The predicted molar refractivity (Wildman–Crippen MR) is 63.0 cm³/mol. The topological polar surface area (TPSA) is 17.8 Å². The maximum Gasteiger partial charge on any atom is 0.0951 e. The first-order valence-corrected chi connectivity index (χ1v) is 6.30. The molecule has 84 valence electrons. The molecule has 1 aromatic rings. The van der Waals surface area contributed by atoms with E-state index in [-0.39, 0.29) is 0 Å². The first kappa shape index (κ1) is 11.0. The van der Waals surface area contributed by atoms with Crippen molar-refractivity contribution >= 4 is 11.6 Å². The van der Waals surface area contributed by atoms with Crippen LogP contribution in [0, 0.1) is 11.8 Å². The number of imidazole rings is 1. The van der Waals surface area contributed by atoms with E-state index in [2.05, 4.69) is 23.4 Å². The highest BCUT2D eigenvalue weighted by atomic mass is 35.5. The van der Waals surface area contributed by atoms with E-state index in [9.17, 15) is 0 Å². The fraction of sp³-hybridized carbons (Fsp3) is 0.750. The number of alkyl halides is 1. The minimum absolute atomic E-state index is 0.569. The van der Waals surface area contributed by atoms with Crippen LogP contribution in [-0.2, 0) is 5.88 Å². The molecule has 0 amide bonds. The Morgan fingerprint density at radius 1 is 1.33 bits per heavy atom. The monoisotopic (exact) mass is 226 g/mol. The van der Waals surface area contributed by atoms with Crippen LogP contribution in [0.1, 0.15) is 44.8 Å². The van der Waals surface area contributed by atoms with Crippen LogP contribution in [0.15, 0.2) is 12.5 Å². The summed E-state index contributed by atoms with van der Waals surface area (Å²) < 4.78 is 2.28. The van der Waals surface area contributed by atoms with Crippen molar-refractivity contribution in [2.75, 3.05) is 0 Å². The Hall–Kier alpha value is -0.500. The molecule has 15 heavy (non-hydrogen) atoms. The van der Waals surface area contributed by atoms with Gasteiger partial charge in [-0.2, -0.15) is 0 Å². The molecule has 1 saturated carbocycles. The van der Waals surface area contributed by atoms with Gasteiger partial charge in [0, 0.05) is 12.2 Å². The van der Waals surface area contributed by atoms with Gasteiger partial charge in [-0.15, -0.1) is 11.6 Å². The lowest BCUT2D eigenvalue weighted by Crippen LogP contribution is -2.23.